The van der Waals surface area contributed by atoms with Crippen LogP contribution in [0.1, 0.15) is 20.3 Å². The quantitative estimate of drug-likeness (QED) is 0.713. The van der Waals surface area contributed by atoms with Gasteiger partial charge in [0.25, 0.3) is 0 Å². The number of benzene rings is 1. The van der Waals surface area contributed by atoms with Crippen molar-refractivity contribution in [1.82, 2.24) is 10.6 Å². The molecule has 20 heavy (non-hydrogen) atoms. The van der Waals surface area contributed by atoms with Gasteiger partial charge in [0.2, 0.25) is 0 Å². The lowest BCUT2D eigenvalue weighted by Crippen LogP contribution is -2.46. The summed E-state index contributed by atoms with van der Waals surface area (Å²) in [5.41, 5.74) is 0. The maximum absolute atomic E-state index is 12.7. The number of rotatable bonds is 7. The molecular weight excluding hydrogens is 263 g/mol. The molecule has 6 heteroatoms. The first-order valence-electron chi connectivity index (χ1n) is 6.62. The lowest BCUT2D eigenvalue weighted by Gasteiger charge is -2.18. The number of aliphatic hydroxyl groups excluding tert-OH is 1. The van der Waals surface area contributed by atoms with E-state index in [0.29, 0.717) is 18.7 Å². The molecule has 5 nitrogen and oxygen atoms in total. The minimum Gasteiger partial charge on any atom is -0.489 e. The minimum atomic E-state index is -0.347. The monoisotopic (exact) mass is 284 g/mol. The highest BCUT2D eigenvalue weighted by atomic mass is 19.1. The highest BCUT2D eigenvalue weighted by Crippen LogP contribution is 2.12. The number of hydrogen-bond donors (Lipinski definition) is 3. The molecule has 0 heterocycles. The Balaban J connectivity index is 2.30. The SMILES string of the molecule is CCC(CO)NC(=O)NCC(C)Oc1ccc(F)cc1. The molecule has 0 bridgehead atoms. The van der Waals surface area contributed by atoms with Crippen LogP contribution in [0.25, 0.3) is 0 Å². The van der Waals surface area contributed by atoms with Crippen LogP contribution in [0.3, 0.4) is 0 Å². The standard InChI is InChI=1S/C14H21FN2O3/c1-3-12(9-18)17-14(19)16-8-10(2)20-13-6-4-11(15)5-7-13/h4-7,10,12,18H,3,8-9H2,1-2H3,(H2,16,17,19). The number of halogens is 1. The third kappa shape index (κ3) is 5.88. The fraction of sp³-hybridized carbons (Fsp3) is 0.500. The summed E-state index contributed by atoms with van der Waals surface area (Å²) in [6, 6.07) is 5.10. The highest BCUT2D eigenvalue weighted by Gasteiger charge is 2.10. The van der Waals surface area contributed by atoms with E-state index in [9.17, 15) is 9.18 Å². The van der Waals surface area contributed by atoms with Crippen molar-refractivity contribution in [2.75, 3.05) is 13.2 Å². The zero-order valence-corrected chi connectivity index (χ0v) is 11.7. The van der Waals surface area contributed by atoms with Gasteiger partial charge in [0.1, 0.15) is 17.7 Å². The van der Waals surface area contributed by atoms with E-state index in [1.807, 2.05) is 6.92 Å². The van der Waals surface area contributed by atoms with Crippen molar-refractivity contribution in [2.24, 2.45) is 0 Å². The Kier molecular flexibility index (Phi) is 6.79. The molecule has 3 N–H and O–H groups in total. The first-order chi connectivity index (χ1) is 9.55. The number of amides is 2. The fourth-order valence-electron chi connectivity index (χ4n) is 1.54. The third-order valence-corrected chi connectivity index (χ3v) is 2.75. The van der Waals surface area contributed by atoms with Gasteiger partial charge in [-0.25, -0.2) is 9.18 Å². The second-order valence-corrected chi connectivity index (χ2v) is 4.52. The molecule has 2 amide bonds. The van der Waals surface area contributed by atoms with Crippen LogP contribution in [0.15, 0.2) is 24.3 Å². The molecule has 0 aliphatic rings. The van der Waals surface area contributed by atoms with Crippen LogP contribution in [-0.2, 0) is 0 Å². The summed E-state index contributed by atoms with van der Waals surface area (Å²) in [5, 5.41) is 14.3. The average Bonchev–Trinajstić information content (AvgIpc) is 2.45. The molecule has 0 saturated carbocycles. The maximum Gasteiger partial charge on any atom is 0.315 e. The van der Waals surface area contributed by atoms with Crippen LogP contribution in [-0.4, -0.2) is 36.4 Å². The topological polar surface area (TPSA) is 70.6 Å². The summed E-state index contributed by atoms with van der Waals surface area (Å²) < 4.78 is 18.2. The molecule has 2 unspecified atom stereocenters. The van der Waals surface area contributed by atoms with Crippen LogP contribution < -0.4 is 15.4 Å². The van der Waals surface area contributed by atoms with Crippen LogP contribution >= 0.6 is 0 Å². The van der Waals surface area contributed by atoms with Gasteiger partial charge >= 0.3 is 6.03 Å². The van der Waals surface area contributed by atoms with E-state index in [4.69, 9.17) is 9.84 Å². The lowest BCUT2D eigenvalue weighted by atomic mass is 10.2. The fourth-order valence-corrected chi connectivity index (χ4v) is 1.54. The van der Waals surface area contributed by atoms with Crippen LogP contribution in [0.2, 0.25) is 0 Å². The van der Waals surface area contributed by atoms with Crippen molar-refractivity contribution in [3.63, 3.8) is 0 Å². The predicted octanol–water partition coefficient (Wildman–Crippen LogP) is 1.66. The number of urea groups is 1. The van der Waals surface area contributed by atoms with Crippen molar-refractivity contribution in [3.05, 3.63) is 30.1 Å². The second-order valence-electron chi connectivity index (χ2n) is 4.52. The molecule has 112 valence electrons. The van der Waals surface area contributed by atoms with E-state index in [2.05, 4.69) is 10.6 Å². The van der Waals surface area contributed by atoms with Gasteiger partial charge in [-0.1, -0.05) is 6.92 Å². The van der Waals surface area contributed by atoms with Gasteiger partial charge in [-0.15, -0.1) is 0 Å². The smallest absolute Gasteiger partial charge is 0.315 e. The molecule has 0 aromatic heterocycles. The van der Waals surface area contributed by atoms with E-state index in [0.717, 1.165) is 0 Å². The lowest BCUT2D eigenvalue weighted by molar-refractivity contribution is 0.198. The molecule has 0 saturated heterocycles. The minimum absolute atomic E-state index is 0.0917. The van der Waals surface area contributed by atoms with E-state index in [1.165, 1.54) is 24.3 Å². The predicted molar refractivity (Wildman–Crippen MR) is 74.2 cm³/mol. The molecule has 0 aliphatic heterocycles. The number of hydrogen-bond acceptors (Lipinski definition) is 3. The van der Waals surface area contributed by atoms with Gasteiger partial charge in [0, 0.05) is 0 Å². The molecular formula is C14H21FN2O3. The number of carbonyl (C=O) groups is 1. The molecule has 1 rings (SSSR count). The summed E-state index contributed by atoms with van der Waals surface area (Å²) in [6.07, 6.45) is 0.409. The molecule has 2 atom stereocenters. The third-order valence-electron chi connectivity index (χ3n) is 2.75. The van der Waals surface area contributed by atoms with Crippen molar-refractivity contribution >= 4 is 6.03 Å². The number of nitrogens with one attached hydrogen (secondary N) is 2. The molecule has 0 radical (unpaired) electrons. The number of ether oxygens (including phenoxy) is 1. The van der Waals surface area contributed by atoms with Crippen molar-refractivity contribution < 1.29 is 19.0 Å². The highest BCUT2D eigenvalue weighted by molar-refractivity contribution is 5.74. The first-order valence-corrected chi connectivity index (χ1v) is 6.62. The van der Waals surface area contributed by atoms with Crippen LogP contribution in [0, 0.1) is 5.82 Å². The summed E-state index contributed by atoms with van der Waals surface area (Å²) >= 11 is 0. The van der Waals surface area contributed by atoms with Crippen LogP contribution in [0.4, 0.5) is 9.18 Å². The molecule has 0 spiro atoms. The van der Waals surface area contributed by atoms with Gasteiger partial charge in [-0.3, -0.25) is 0 Å². The Labute approximate surface area is 118 Å². The van der Waals surface area contributed by atoms with Gasteiger partial charge in [0.05, 0.1) is 19.2 Å². The summed E-state index contributed by atoms with van der Waals surface area (Å²) in [4.78, 5) is 11.5. The second kappa shape index (κ2) is 8.37. The van der Waals surface area contributed by atoms with E-state index in [1.54, 1.807) is 6.92 Å². The molecule has 0 fully saturated rings. The Morgan fingerprint density at radius 2 is 2.05 bits per heavy atom. The molecule has 0 aliphatic carbocycles. The molecule has 1 aromatic carbocycles. The summed E-state index contributed by atoms with van der Waals surface area (Å²) in [7, 11) is 0. The Hall–Kier alpha value is -1.82. The van der Waals surface area contributed by atoms with Crippen molar-refractivity contribution in [3.8, 4) is 5.75 Å². The van der Waals surface area contributed by atoms with Gasteiger partial charge in [-0.05, 0) is 37.6 Å². The Bertz CT molecular complexity index is 407. The van der Waals surface area contributed by atoms with E-state index < -0.39 is 0 Å². The van der Waals surface area contributed by atoms with Gasteiger partial charge in [0.15, 0.2) is 0 Å². The normalized spacial score (nSPS) is 13.4. The first kappa shape index (κ1) is 16.2. The summed E-state index contributed by atoms with van der Waals surface area (Å²) in [6.45, 7) is 3.89. The van der Waals surface area contributed by atoms with Crippen LogP contribution in [0.5, 0.6) is 5.75 Å². The number of aliphatic hydroxyl groups is 1. The Morgan fingerprint density at radius 3 is 2.60 bits per heavy atom. The maximum atomic E-state index is 12.7. The Morgan fingerprint density at radius 1 is 1.40 bits per heavy atom. The van der Waals surface area contributed by atoms with E-state index in [-0.39, 0.29) is 30.6 Å². The zero-order valence-electron chi connectivity index (χ0n) is 11.7. The van der Waals surface area contributed by atoms with Gasteiger partial charge in [-0.2, -0.15) is 0 Å². The van der Waals surface area contributed by atoms with Crippen molar-refractivity contribution in [1.29, 1.82) is 0 Å². The zero-order chi connectivity index (χ0) is 15.0. The van der Waals surface area contributed by atoms with Crippen molar-refractivity contribution in [2.45, 2.75) is 32.4 Å². The van der Waals surface area contributed by atoms with E-state index >= 15 is 0 Å². The summed E-state index contributed by atoms with van der Waals surface area (Å²) in [5.74, 6) is 0.222. The molecule has 1 aromatic rings. The number of carbonyl (C=O) groups excluding carboxylic acids is 1. The average molecular weight is 284 g/mol. The van der Waals surface area contributed by atoms with Gasteiger partial charge < -0.3 is 20.5 Å². The largest absolute Gasteiger partial charge is 0.489 e.